The Balaban J connectivity index is 1.64. The van der Waals surface area contributed by atoms with E-state index >= 15 is 0 Å². The topological polar surface area (TPSA) is 23.6 Å². The molecule has 0 N–H and O–H groups in total. The molecule has 5 heteroatoms. The molecular formula is C18H19FN2OS. The molecule has 0 atom stereocenters. The summed E-state index contributed by atoms with van der Waals surface area (Å²) >= 11 is 1.59. The first-order valence-electron chi connectivity index (χ1n) is 7.63. The van der Waals surface area contributed by atoms with Gasteiger partial charge in [-0.25, -0.2) is 4.39 Å². The van der Waals surface area contributed by atoms with E-state index in [0.717, 1.165) is 41.5 Å². The summed E-state index contributed by atoms with van der Waals surface area (Å²) in [5.74, 6) is -0.168. The van der Waals surface area contributed by atoms with Gasteiger partial charge >= 0.3 is 0 Å². The number of likely N-dealkylation sites (N-methyl/N-ethyl adjacent to an activating group) is 1. The van der Waals surface area contributed by atoms with Crippen molar-refractivity contribution in [1.29, 1.82) is 0 Å². The van der Waals surface area contributed by atoms with Crippen molar-refractivity contribution >= 4 is 23.3 Å². The number of halogens is 1. The number of rotatable bonds is 3. The standard InChI is InChI=1S/C18H19FN2OS/c1-20-10-12-21(13-11-20)18(22)9-7-16-6-8-17(23-16)14-2-4-15(19)5-3-14/h2-9H,10-13H2,1H3. The van der Waals surface area contributed by atoms with Crippen molar-refractivity contribution in [2.75, 3.05) is 33.2 Å². The molecule has 120 valence electrons. The van der Waals surface area contributed by atoms with Crippen LogP contribution < -0.4 is 0 Å². The summed E-state index contributed by atoms with van der Waals surface area (Å²) in [7, 11) is 2.07. The Morgan fingerprint density at radius 2 is 1.78 bits per heavy atom. The molecule has 0 radical (unpaired) electrons. The molecular weight excluding hydrogens is 311 g/mol. The average Bonchev–Trinajstić information content (AvgIpc) is 3.03. The maximum absolute atomic E-state index is 13.0. The number of hydrogen-bond acceptors (Lipinski definition) is 3. The predicted octanol–water partition coefficient (Wildman–Crippen LogP) is 3.34. The Labute approximate surface area is 139 Å². The largest absolute Gasteiger partial charge is 0.337 e. The number of thiophene rings is 1. The Morgan fingerprint density at radius 3 is 2.48 bits per heavy atom. The second-order valence-corrected chi connectivity index (χ2v) is 6.79. The first kappa shape index (κ1) is 15.9. The Hall–Kier alpha value is -1.98. The molecule has 0 unspecified atom stereocenters. The zero-order valence-electron chi connectivity index (χ0n) is 13.0. The Bertz CT molecular complexity index is 700. The molecule has 2 aromatic rings. The van der Waals surface area contributed by atoms with Gasteiger partial charge in [0.05, 0.1) is 0 Å². The first-order valence-corrected chi connectivity index (χ1v) is 8.45. The van der Waals surface area contributed by atoms with Crippen LogP contribution in [0.25, 0.3) is 16.5 Å². The van der Waals surface area contributed by atoms with Crippen LogP contribution in [-0.2, 0) is 4.79 Å². The third-order valence-electron chi connectivity index (χ3n) is 3.96. The average molecular weight is 330 g/mol. The van der Waals surface area contributed by atoms with E-state index in [1.807, 2.05) is 23.1 Å². The van der Waals surface area contributed by atoms with Crippen LogP contribution in [0.15, 0.2) is 42.5 Å². The minimum Gasteiger partial charge on any atom is -0.337 e. The van der Waals surface area contributed by atoms with Gasteiger partial charge in [-0.2, -0.15) is 0 Å². The number of amides is 1. The van der Waals surface area contributed by atoms with E-state index in [0.29, 0.717) is 0 Å². The van der Waals surface area contributed by atoms with Crippen LogP contribution in [0, 0.1) is 5.82 Å². The number of benzene rings is 1. The van der Waals surface area contributed by atoms with Gasteiger partial charge in [0.15, 0.2) is 0 Å². The molecule has 0 spiro atoms. The summed E-state index contributed by atoms with van der Waals surface area (Å²) in [4.78, 5) is 18.4. The summed E-state index contributed by atoms with van der Waals surface area (Å²) in [6.07, 6.45) is 3.50. The third-order valence-corrected chi connectivity index (χ3v) is 5.06. The third kappa shape index (κ3) is 4.06. The molecule has 1 aromatic heterocycles. The molecule has 1 aliphatic rings. The fourth-order valence-corrected chi connectivity index (χ4v) is 3.41. The maximum atomic E-state index is 13.0. The lowest BCUT2D eigenvalue weighted by Crippen LogP contribution is -2.46. The van der Waals surface area contributed by atoms with Gasteiger partial charge in [-0.1, -0.05) is 12.1 Å². The van der Waals surface area contributed by atoms with Crippen LogP contribution >= 0.6 is 11.3 Å². The van der Waals surface area contributed by atoms with Gasteiger partial charge < -0.3 is 9.80 Å². The highest BCUT2D eigenvalue weighted by atomic mass is 32.1. The molecule has 0 bridgehead atoms. The second kappa shape index (κ2) is 7.06. The predicted molar refractivity (Wildman–Crippen MR) is 92.8 cm³/mol. The normalized spacial score (nSPS) is 16.2. The van der Waals surface area contributed by atoms with Gasteiger partial charge in [0, 0.05) is 42.0 Å². The van der Waals surface area contributed by atoms with Crippen LogP contribution in [0.5, 0.6) is 0 Å². The zero-order chi connectivity index (χ0) is 16.2. The smallest absolute Gasteiger partial charge is 0.246 e. The molecule has 3 rings (SSSR count). The lowest BCUT2D eigenvalue weighted by molar-refractivity contribution is -0.127. The van der Waals surface area contributed by atoms with Crippen LogP contribution in [0.2, 0.25) is 0 Å². The van der Waals surface area contributed by atoms with Crippen LogP contribution in [-0.4, -0.2) is 48.9 Å². The van der Waals surface area contributed by atoms with Crippen molar-refractivity contribution in [2.24, 2.45) is 0 Å². The number of piperazine rings is 1. The van der Waals surface area contributed by atoms with E-state index in [-0.39, 0.29) is 11.7 Å². The number of carbonyl (C=O) groups excluding carboxylic acids is 1. The number of carbonyl (C=O) groups is 1. The van der Waals surface area contributed by atoms with Crippen molar-refractivity contribution in [1.82, 2.24) is 9.80 Å². The highest BCUT2D eigenvalue weighted by molar-refractivity contribution is 7.16. The highest BCUT2D eigenvalue weighted by Gasteiger charge is 2.16. The Kier molecular flexibility index (Phi) is 4.88. The van der Waals surface area contributed by atoms with E-state index in [2.05, 4.69) is 11.9 Å². The lowest BCUT2D eigenvalue weighted by Gasteiger charge is -2.31. The van der Waals surface area contributed by atoms with E-state index in [9.17, 15) is 9.18 Å². The van der Waals surface area contributed by atoms with Crippen molar-refractivity contribution in [2.45, 2.75) is 0 Å². The zero-order valence-corrected chi connectivity index (χ0v) is 13.9. The van der Waals surface area contributed by atoms with Gasteiger partial charge in [-0.15, -0.1) is 11.3 Å². The van der Waals surface area contributed by atoms with Crippen molar-refractivity contribution in [3.63, 3.8) is 0 Å². The molecule has 0 aliphatic carbocycles. The molecule has 2 heterocycles. The van der Waals surface area contributed by atoms with E-state index in [4.69, 9.17) is 0 Å². The fourth-order valence-electron chi connectivity index (χ4n) is 2.50. The van der Waals surface area contributed by atoms with Gasteiger partial charge in [-0.05, 0) is 43.0 Å². The highest BCUT2D eigenvalue weighted by Crippen LogP contribution is 2.28. The number of nitrogens with zero attached hydrogens (tertiary/aromatic N) is 2. The molecule has 1 aliphatic heterocycles. The van der Waals surface area contributed by atoms with Gasteiger partial charge in [0.25, 0.3) is 0 Å². The fraction of sp³-hybridized carbons (Fsp3) is 0.278. The SMILES string of the molecule is CN1CCN(C(=O)C=Cc2ccc(-c3ccc(F)cc3)s2)CC1. The summed E-state index contributed by atoms with van der Waals surface area (Å²) in [5.41, 5.74) is 0.987. The van der Waals surface area contributed by atoms with Crippen molar-refractivity contribution in [3.05, 3.63) is 53.2 Å². The molecule has 1 aromatic carbocycles. The number of hydrogen-bond donors (Lipinski definition) is 0. The maximum Gasteiger partial charge on any atom is 0.246 e. The summed E-state index contributed by atoms with van der Waals surface area (Å²) < 4.78 is 13.0. The monoisotopic (exact) mass is 330 g/mol. The van der Waals surface area contributed by atoms with Gasteiger partial charge in [0.1, 0.15) is 5.82 Å². The summed E-state index contributed by atoms with van der Waals surface area (Å²) in [6, 6.07) is 10.4. The second-order valence-electron chi connectivity index (χ2n) is 5.67. The van der Waals surface area contributed by atoms with Gasteiger partial charge in [0.2, 0.25) is 5.91 Å². The summed E-state index contributed by atoms with van der Waals surface area (Å²) in [6.45, 7) is 3.41. The van der Waals surface area contributed by atoms with E-state index in [1.54, 1.807) is 29.5 Å². The minimum absolute atomic E-state index is 0.0647. The quantitative estimate of drug-likeness (QED) is 0.806. The molecule has 3 nitrogen and oxygen atoms in total. The minimum atomic E-state index is -0.233. The first-order chi connectivity index (χ1) is 11.1. The Morgan fingerprint density at radius 1 is 1.09 bits per heavy atom. The van der Waals surface area contributed by atoms with Crippen molar-refractivity contribution in [3.8, 4) is 10.4 Å². The molecule has 0 saturated carbocycles. The van der Waals surface area contributed by atoms with Crippen LogP contribution in [0.3, 0.4) is 0 Å². The molecule has 23 heavy (non-hydrogen) atoms. The lowest BCUT2D eigenvalue weighted by atomic mass is 10.2. The van der Waals surface area contributed by atoms with E-state index in [1.165, 1.54) is 12.1 Å². The van der Waals surface area contributed by atoms with Crippen LogP contribution in [0.4, 0.5) is 4.39 Å². The molecule has 1 amide bonds. The molecule has 1 saturated heterocycles. The van der Waals surface area contributed by atoms with Crippen molar-refractivity contribution < 1.29 is 9.18 Å². The summed E-state index contributed by atoms with van der Waals surface area (Å²) in [5, 5.41) is 0. The van der Waals surface area contributed by atoms with Crippen LogP contribution in [0.1, 0.15) is 4.88 Å². The molecule has 1 fully saturated rings. The van der Waals surface area contributed by atoms with E-state index < -0.39 is 0 Å². The van der Waals surface area contributed by atoms with Gasteiger partial charge in [-0.3, -0.25) is 4.79 Å².